The van der Waals surface area contributed by atoms with Gasteiger partial charge >= 0.3 is 0 Å². The van der Waals surface area contributed by atoms with E-state index in [-0.39, 0.29) is 17.4 Å². The Labute approximate surface area is 116 Å². The van der Waals surface area contributed by atoms with Crippen LogP contribution in [-0.4, -0.2) is 27.5 Å². The van der Waals surface area contributed by atoms with Crippen LogP contribution in [0.25, 0.3) is 11.5 Å². The van der Waals surface area contributed by atoms with Crippen LogP contribution in [0.2, 0.25) is 0 Å². The molecule has 1 aromatic heterocycles. The zero-order valence-electron chi connectivity index (χ0n) is 11.2. The number of benzene rings is 1. The van der Waals surface area contributed by atoms with E-state index >= 15 is 0 Å². The van der Waals surface area contributed by atoms with Crippen molar-refractivity contribution in [3.8, 4) is 23.0 Å². The molecule has 106 valence electrons. The fraction of sp³-hybridized carbons (Fsp3) is 0.429. The van der Waals surface area contributed by atoms with Crippen LogP contribution in [0.3, 0.4) is 0 Å². The van der Waals surface area contributed by atoms with Gasteiger partial charge in [-0.1, -0.05) is 5.16 Å². The summed E-state index contributed by atoms with van der Waals surface area (Å²) in [6, 6.07) is 4.23. The van der Waals surface area contributed by atoms with Crippen molar-refractivity contribution in [1.29, 1.82) is 0 Å². The van der Waals surface area contributed by atoms with Crippen LogP contribution in [0, 0.1) is 0 Å². The highest BCUT2D eigenvalue weighted by atomic mass is 16.5. The minimum atomic E-state index is -0.478. The third-order valence-corrected chi connectivity index (χ3v) is 3.85. The highest BCUT2D eigenvalue weighted by Crippen LogP contribution is 2.41. The summed E-state index contributed by atoms with van der Waals surface area (Å²) in [5, 5.41) is 23.1. The summed E-state index contributed by atoms with van der Waals surface area (Å²) in [5.41, 5.74) is -0.0836. The smallest absolute Gasteiger partial charge is 0.261 e. The van der Waals surface area contributed by atoms with Crippen LogP contribution in [0.1, 0.15) is 31.5 Å². The Hall–Kier alpha value is -2.08. The van der Waals surface area contributed by atoms with Gasteiger partial charge in [-0.3, -0.25) is 0 Å². The first-order valence-electron chi connectivity index (χ1n) is 6.56. The van der Waals surface area contributed by atoms with Crippen molar-refractivity contribution < 1.29 is 19.5 Å². The fourth-order valence-electron chi connectivity index (χ4n) is 2.68. The lowest BCUT2D eigenvalue weighted by molar-refractivity contribution is -0.0178. The van der Waals surface area contributed by atoms with Crippen molar-refractivity contribution in [1.82, 2.24) is 10.1 Å². The monoisotopic (exact) mass is 276 g/mol. The number of hydrogen-bond donors (Lipinski definition) is 2. The highest BCUT2D eigenvalue weighted by molar-refractivity contribution is 5.63. The van der Waals surface area contributed by atoms with Crippen LogP contribution < -0.4 is 0 Å². The normalized spacial score (nSPS) is 17.4. The van der Waals surface area contributed by atoms with Gasteiger partial charge in [0, 0.05) is 13.2 Å². The molecule has 0 saturated heterocycles. The van der Waals surface area contributed by atoms with E-state index in [4.69, 9.17) is 9.26 Å². The zero-order valence-corrected chi connectivity index (χ0v) is 11.2. The van der Waals surface area contributed by atoms with Crippen LogP contribution in [0.5, 0.6) is 11.5 Å². The molecule has 0 spiro atoms. The number of rotatable bonds is 3. The quantitative estimate of drug-likeness (QED) is 0.895. The third kappa shape index (κ3) is 2.02. The van der Waals surface area contributed by atoms with Gasteiger partial charge in [0.2, 0.25) is 5.82 Å². The van der Waals surface area contributed by atoms with Crippen molar-refractivity contribution in [2.75, 3.05) is 7.11 Å². The minimum absolute atomic E-state index is 0.0184. The van der Waals surface area contributed by atoms with Crippen LogP contribution in [0.15, 0.2) is 22.7 Å². The standard InChI is InChI=1S/C14H16N2O4/c1-19-14(6-2-3-7-14)13-15-12(20-16-13)10-5-4-9(17)8-11(10)18/h4-5,8,17-18H,2-3,6-7H2,1H3. The number of aromatic nitrogens is 2. The number of methoxy groups -OCH3 is 1. The van der Waals surface area contributed by atoms with E-state index < -0.39 is 5.60 Å². The second kappa shape index (κ2) is 4.79. The Morgan fingerprint density at radius 1 is 1.25 bits per heavy atom. The Kier molecular flexibility index (Phi) is 3.10. The minimum Gasteiger partial charge on any atom is -0.508 e. The zero-order chi connectivity index (χ0) is 14.2. The summed E-state index contributed by atoms with van der Waals surface area (Å²) in [6.07, 6.45) is 3.87. The van der Waals surface area contributed by atoms with Gasteiger partial charge < -0.3 is 19.5 Å². The predicted octanol–water partition coefficient (Wildman–Crippen LogP) is 2.56. The van der Waals surface area contributed by atoms with E-state index in [0.29, 0.717) is 11.4 Å². The molecule has 1 aliphatic rings. The first-order chi connectivity index (χ1) is 9.64. The lowest BCUT2D eigenvalue weighted by Gasteiger charge is -2.22. The molecule has 1 saturated carbocycles. The van der Waals surface area contributed by atoms with E-state index in [1.165, 1.54) is 18.2 Å². The molecule has 3 rings (SSSR count). The van der Waals surface area contributed by atoms with E-state index in [2.05, 4.69) is 10.1 Å². The maximum Gasteiger partial charge on any atom is 0.261 e. The second-order valence-corrected chi connectivity index (χ2v) is 5.03. The van der Waals surface area contributed by atoms with Crippen LogP contribution >= 0.6 is 0 Å². The van der Waals surface area contributed by atoms with Crippen molar-refractivity contribution in [2.45, 2.75) is 31.3 Å². The van der Waals surface area contributed by atoms with Crippen molar-refractivity contribution in [3.05, 3.63) is 24.0 Å². The molecule has 1 aliphatic carbocycles. The lowest BCUT2D eigenvalue weighted by Crippen LogP contribution is -2.25. The molecule has 1 fully saturated rings. The number of aromatic hydroxyl groups is 2. The topological polar surface area (TPSA) is 88.6 Å². The Morgan fingerprint density at radius 3 is 2.65 bits per heavy atom. The summed E-state index contributed by atoms with van der Waals surface area (Å²) in [6.45, 7) is 0. The van der Waals surface area contributed by atoms with Crippen LogP contribution in [0.4, 0.5) is 0 Å². The van der Waals surface area contributed by atoms with Gasteiger partial charge in [0.1, 0.15) is 17.1 Å². The number of phenolic OH excluding ortho intramolecular Hbond substituents is 2. The van der Waals surface area contributed by atoms with E-state index in [0.717, 1.165) is 25.7 Å². The number of hydrogen-bond acceptors (Lipinski definition) is 6. The Bertz CT molecular complexity index is 617. The van der Waals surface area contributed by atoms with Gasteiger partial charge in [0.15, 0.2) is 0 Å². The van der Waals surface area contributed by atoms with Gasteiger partial charge in [0.25, 0.3) is 5.89 Å². The van der Waals surface area contributed by atoms with Crippen molar-refractivity contribution >= 4 is 0 Å². The SMILES string of the molecule is COC1(c2noc(-c3ccc(O)cc3O)n2)CCCC1. The van der Waals surface area contributed by atoms with Crippen molar-refractivity contribution in [2.24, 2.45) is 0 Å². The summed E-state index contributed by atoms with van der Waals surface area (Å²) >= 11 is 0. The van der Waals surface area contributed by atoms with E-state index in [1.807, 2.05) is 0 Å². The summed E-state index contributed by atoms with van der Waals surface area (Å²) in [4.78, 5) is 4.35. The van der Waals surface area contributed by atoms with E-state index in [9.17, 15) is 10.2 Å². The molecule has 6 heteroatoms. The third-order valence-electron chi connectivity index (χ3n) is 3.85. The van der Waals surface area contributed by atoms with Gasteiger partial charge in [0.05, 0.1) is 5.56 Å². The first-order valence-corrected chi connectivity index (χ1v) is 6.56. The number of nitrogens with zero attached hydrogens (tertiary/aromatic N) is 2. The van der Waals surface area contributed by atoms with E-state index in [1.54, 1.807) is 7.11 Å². The highest BCUT2D eigenvalue weighted by Gasteiger charge is 2.40. The average molecular weight is 276 g/mol. The summed E-state index contributed by atoms with van der Waals surface area (Å²) in [5.74, 6) is 0.619. The molecule has 2 N–H and O–H groups in total. The fourth-order valence-corrected chi connectivity index (χ4v) is 2.68. The molecule has 0 aliphatic heterocycles. The molecule has 0 unspecified atom stereocenters. The second-order valence-electron chi connectivity index (χ2n) is 5.03. The molecule has 0 atom stereocenters. The van der Waals surface area contributed by atoms with Gasteiger partial charge in [-0.25, -0.2) is 0 Å². The molecular formula is C14H16N2O4. The Morgan fingerprint density at radius 2 is 2.00 bits per heavy atom. The molecule has 0 radical (unpaired) electrons. The predicted molar refractivity (Wildman–Crippen MR) is 70.2 cm³/mol. The number of phenols is 2. The molecule has 0 bridgehead atoms. The maximum atomic E-state index is 9.82. The molecule has 1 heterocycles. The van der Waals surface area contributed by atoms with Crippen molar-refractivity contribution in [3.63, 3.8) is 0 Å². The van der Waals surface area contributed by atoms with Crippen LogP contribution in [-0.2, 0) is 10.3 Å². The van der Waals surface area contributed by atoms with Gasteiger partial charge in [-0.2, -0.15) is 4.98 Å². The molecule has 0 amide bonds. The molecular weight excluding hydrogens is 260 g/mol. The Balaban J connectivity index is 1.97. The largest absolute Gasteiger partial charge is 0.508 e. The maximum absolute atomic E-state index is 9.82. The molecule has 2 aromatic rings. The molecule has 6 nitrogen and oxygen atoms in total. The van der Waals surface area contributed by atoms with Gasteiger partial charge in [-0.05, 0) is 37.8 Å². The average Bonchev–Trinajstić information content (AvgIpc) is 3.08. The lowest BCUT2D eigenvalue weighted by atomic mass is 10.0. The molecule has 20 heavy (non-hydrogen) atoms. The first kappa shape index (κ1) is 12.9. The number of ether oxygens (including phenoxy) is 1. The molecule has 1 aromatic carbocycles. The summed E-state index contributed by atoms with van der Waals surface area (Å²) in [7, 11) is 1.65. The summed E-state index contributed by atoms with van der Waals surface area (Å²) < 4.78 is 10.8. The van der Waals surface area contributed by atoms with Gasteiger partial charge in [-0.15, -0.1) is 0 Å².